The highest BCUT2D eigenvalue weighted by atomic mass is 16.5. The van der Waals surface area contributed by atoms with Crippen molar-refractivity contribution in [2.45, 2.75) is 76.3 Å². The summed E-state index contributed by atoms with van der Waals surface area (Å²) in [6.07, 6.45) is 3.93. The van der Waals surface area contributed by atoms with Crippen LogP contribution in [0.1, 0.15) is 64.4 Å². The second-order valence-corrected chi connectivity index (χ2v) is 14.1. The Bertz CT molecular complexity index is 1710. The minimum absolute atomic E-state index is 0.0562. The van der Waals surface area contributed by atoms with Gasteiger partial charge in [-0.3, -0.25) is 24.2 Å². The van der Waals surface area contributed by atoms with Crippen molar-refractivity contribution in [3.63, 3.8) is 0 Å². The number of esters is 3. The van der Waals surface area contributed by atoms with E-state index in [1.165, 1.54) is 26.9 Å². The highest BCUT2D eigenvalue weighted by Gasteiger charge is 2.51. The maximum Gasteiger partial charge on any atom is 0.332 e. The summed E-state index contributed by atoms with van der Waals surface area (Å²) in [5.41, 5.74) is 0.766. The van der Waals surface area contributed by atoms with Gasteiger partial charge in [0, 0.05) is 63.5 Å². The van der Waals surface area contributed by atoms with E-state index in [2.05, 4.69) is 38.8 Å². The number of rotatable bonds is 14. The molecule has 0 radical (unpaired) electrons. The Balaban J connectivity index is 0.000000249. The van der Waals surface area contributed by atoms with Crippen molar-refractivity contribution in [3.05, 3.63) is 96.6 Å². The number of nitrogens with zero attached hydrogens (tertiary/aromatic N) is 4. The fraction of sp³-hybridized carbons (Fsp3) is 0.477. The average molecular weight is 771 g/mol. The van der Waals surface area contributed by atoms with Crippen molar-refractivity contribution in [1.29, 1.82) is 0 Å². The molecule has 2 heterocycles. The number of anilines is 2. The van der Waals surface area contributed by atoms with Crippen molar-refractivity contribution < 1.29 is 38.2 Å². The molecule has 3 aromatic rings. The highest BCUT2D eigenvalue weighted by molar-refractivity contribution is 6.03. The standard InChI is InChI=1S/C24H30N2O3.C20H28N2O5/c1-3-22(27)26(21-12-8-5-9-13-21)24(23(28)29-2)15-18-25(19-16-24)17-14-20-10-6-4-7-11-20;1-4-17(23)22(16-8-6-5-7-9-16)20(19(25)27-3)11-14-21(15-12-20)13-10-18(24)26-2/h4-13H,3,14-19H2,1-2H3;5-9H,4,10-15H2,1-3H3. The molecule has 302 valence electrons. The first kappa shape index (κ1) is 43.7. The molecule has 5 rings (SSSR count). The lowest BCUT2D eigenvalue weighted by molar-refractivity contribution is -0.151. The molecule has 0 unspecified atom stereocenters. The summed E-state index contributed by atoms with van der Waals surface area (Å²) in [4.78, 5) is 70.7. The minimum atomic E-state index is -1.04. The Morgan fingerprint density at radius 3 is 1.29 bits per heavy atom. The van der Waals surface area contributed by atoms with Gasteiger partial charge in [0.15, 0.2) is 0 Å². The second kappa shape index (κ2) is 21.3. The number of piperidine rings is 2. The molecule has 0 saturated carbocycles. The van der Waals surface area contributed by atoms with Crippen molar-refractivity contribution in [2.75, 3.05) is 70.4 Å². The molecule has 0 bridgehead atoms. The first-order chi connectivity index (χ1) is 27.1. The molecule has 12 heteroatoms. The van der Waals surface area contributed by atoms with Crippen LogP contribution in [0.5, 0.6) is 0 Å². The molecular formula is C44H58N4O8. The van der Waals surface area contributed by atoms with Crippen molar-refractivity contribution in [2.24, 2.45) is 0 Å². The third kappa shape index (κ3) is 10.6. The quantitative estimate of drug-likeness (QED) is 0.149. The number of methoxy groups -OCH3 is 3. The Hall–Kier alpha value is -5.07. The summed E-state index contributed by atoms with van der Waals surface area (Å²) in [6, 6.07) is 29.1. The van der Waals surface area contributed by atoms with E-state index in [-0.39, 0.29) is 23.8 Å². The molecule has 0 aromatic heterocycles. The zero-order valence-corrected chi connectivity index (χ0v) is 33.6. The number of likely N-dealkylation sites (tertiary alicyclic amines) is 2. The van der Waals surface area contributed by atoms with Crippen LogP contribution in [0.15, 0.2) is 91.0 Å². The summed E-state index contributed by atoms with van der Waals surface area (Å²) < 4.78 is 15.0. The largest absolute Gasteiger partial charge is 0.469 e. The van der Waals surface area contributed by atoms with Gasteiger partial charge in [-0.1, -0.05) is 80.6 Å². The van der Waals surface area contributed by atoms with Crippen molar-refractivity contribution in [3.8, 4) is 0 Å². The second-order valence-electron chi connectivity index (χ2n) is 14.1. The average Bonchev–Trinajstić information content (AvgIpc) is 3.26. The summed E-state index contributed by atoms with van der Waals surface area (Å²) in [6.45, 7) is 7.81. The van der Waals surface area contributed by atoms with E-state index >= 15 is 0 Å². The number of carbonyl (C=O) groups excluding carboxylic acids is 5. The van der Waals surface area contributed by atoms with E-state index in [9.17, 15) is 24.0 Å². The predicted octanol–water partition coefficient (Wildman–Crippen LogP) is 5.68. The van der Waals surface area contributed by atoms with Gasteiger partial charge in [-0.2, -0.15) is 0 Å². The van der Waals surface area contributed by atoms with Crippen LogP contribution in [-0.4, -0.2) is 111 Å². The Kier molecular flexibility index (Phi) is 16.6. The number of amides is 2. The van der Waals surface area contributed by atoms with Crippen LogP contribution in [0.3, 0.4) is 0 Å². The third-order valence-corrected chi connectivity index (χ3v) is 10.9. The fourth-order valence-electron chi connectivity index (χ4n) is 7.72. The van der Waals surface area contributed by atoms with Crippen molar-refractivity contribution in [1.82, 2.24) is 9.80 Å². The first-order valence-corrected chi connectivity index (χ1v) is 19.6. The summed E-state index contributed by atoms with van der Waals surface area (Å²) in [5, 5.41) is 0. The Labute approximate surface area is 331 Å². The van der Waals surface area contributed by atoms with Gasteiger partial charge >= 0.3 is 17.9 Å². The van der Waals surface area contributed by atoms with Crippen LogP contribution in [-0.2, 0) is 44.6 Å². The van der Waals surface area contributed by atoms with Crippen LogP contribution in [0.25, 0.3) is 0 Å². The summed E-state index contributed by atoms with van der Waals surface area (Å²) in [5.74, 6) is -1.16. The molecular weight excluding hydrogens is 713 g/mol. The Morgan fingerprint density at radius 2 is 0.929 bits per heavy atom. The maximum atomic E-state index is 13.0. The molecule has 2 saturated heterocycles. The topological polar surface area (TPSA) is 126 Å². The fourth-order valence-corrected chi connectivity index (χ4v) is 7.72. The smallest absolute Gasteiger partial charge is 0.332 e. The van der Waals surface area contributed by atoms with Gasteiger partial charge in [0.2, 0.25) is 11.8 Å². The number of ether oxygens (including phenoxy) is 3. The molecule has 0 spiro atoms. The highest BCUT2D eigenvalue weighted by Crippen LogP contribution is 2.37. The van der Waals surface area contributed by atoms with Gasteiger partial charge in [0.25, 0.3) is 0 Å². The molecule has 3 aromatic carbocycles. The van der Waals surface area contributed by atoms with E-state index in [0.717, 1.165) is 31.7 Å². The van der Waals surface area contributed by atoms with E-state index in [1.54, 1.807) is 16.7 Å². The molecule has 0 atom stereocenters. The number of hydrogen-bond acceptors (Lipinski definition) is 10. The number of hydrogen-bond donors (Lipinski definition) is 0. The molecule has 2 amide bonds. The molecule has 2 fully saturated rings. The molecule has 2 aliphatic rings. The number of carbonyl (C=O) groups is 5. The van der Waals surface area contributed by atoms with E-state index in [4.69, 9.17) is 9.47 Å². The monoisotopic (exact) mass is 770 g/mol. The van der Waals surface area contributed by atoms with E-state index in [1.807, 2.05) is 73.7 Å². The number of para-hydroxylation sites is 2. The van der Waals surface area contributed by atoms with Gasteiger partial charge in [0.1, 0.15) is 11.1 Å². The van der Waals surface area contributed by atoms with Gasteiger partial charge in [-0.05, 0) is 61.9 Å². The summed E-state index contributed by atoms with van der Waals surface area (Å²) >= 11 is 0. The van der Waals surface area contributed by atoms with Gasteiger partial charge < -0.3 is 24.0 Å². The third-order valence-electron chi connectivity index (χ3n) is 10.9. The molecule has 0 aliphatic carbocycles. The van der Waals surface area contributed by atoms with Gasteiger partial charge in [0.05, 0.1) is 27.8 Å². The normalized spacial score (nSPS) is 16.3. The Morgan fingerprint density at radius 1 is 0.554 bits per heavy atom. The zero-order chi connectivity index (χ0) is 40.6. The van der Waals surface area contributed by atoms with Gasteiger partial charge in [-0.25, -0.2) is 9.59 Å². The van der Waals surface area contributed by atoms with E-state index < -0.39 is 17.0 Å². The van der Waals surface area contributed by atoms with E-state index in [0.29, 0.717) is 70.3 Å². The lowest BCUT2D eigenvalue weighted by Gasteiger charge is -2.46. The van der Waals surface area contributed by atoms with Crippen LogP contribution in [0.4, 0.5) is 11.4 Å². The van der Waals surface area contributed by atoms with Crippen LogP contribution < -0.4 is 9.80 Å². The predicted molar refractivity (Wildman–Crippen MR) is 216 cm³/mol. The molecule has 0 N–H and O–H groups in total. The first-order valence-electron chi connectivity index (χ1n) is 19.6. The lowest BCUT2D eigenvalue weighted by Crippen LogP contribution is -2.62. The zero-order valence-electron chi connectivity index (χ0n) is 33.6. The van der Waals surface area contributed by atoms with Crippen LogP contribution in [0, 0.1) is 0 Å². The summed E-state index contributed by atoms with van der Waals surface area (Å²) in [7, 11) is 4.13. The number of benzene rings is 3. The molecule has 56 heavy (non-hydrogen) atoms. The minimum Gasteiger partial charge on any atom is -0.469 e. The molecule has 2 aliphatic heterocycles. The lowest BCUT2D eigenvalue weighted by atomic mass is 9.84. The van der Waals surface area contributed by atoms with Crippen LogP contribution >= 0.6 is 0 Å². The van der Waals surface area contributed by atoms with Crippen molar-refractivity contribution >= 4 is 41.1 Å². The molecule has 12 nitrogen and oxygen atoms in total. The van der Waals surface area contributed by atoms with Gasteiger partial charge in [-0.15, -0.1) is 0 Å². The maximum absolute atomic E-state index is 13.0. The van der Waals surface area contributed by atoms with Crippen LogP contribution in [0.2, 0.25) is 0 Å². The SMILES string of the molecule is CCC(=O)N(c1ccccc1)C1(C(=O)OC)CCN(CCC(=O)OC)CC1.CCC(=O)N(c1ccccc1)C1(C(=O)OC)CCN(CCc2ccccc2)CC1.